The minimum atomic E-state index is -3.61. The number of aromatic carboxylic acids is 1. The average Bonchev–Trinajstić information content (AvgIpc) is 2.71. The molecule has 0 aliphatic carbocycles. The number of carbonyl (C=O) groups is 2. The Hall–Kier alpha value is -3.79. The van der Waals surface area contributed by atoms with Crippen molar-refractivity contribution in [3.8, 4) is 5.75 Å². The van der Waals surface area contributed by atoms with Gasteiger partial charge in [-0.1, -0.05) is 45.0 Å². The summed E-state index contributed by atoms with van der Waals surface area (Å²) >= 11 is 0. The molecule has 0 aromatic heterocycles. The van der Waals surface area contributed by atoms with E-state index in [2.05, 4.69) is 15.4 Å². The van der Waals surface area contributed by atoms with Crippen molar-refractivity contribution in [3.05, 3.63) is 59.7 Å². The van der Waals surface area contributed by atoms with Gasteiger partial charge in [0.25, 0.3) is 0 Å². The predicted molar refractivity (Wildman–Crippen MR) is 134 cm³/mol. The molecule has 0 unspecified atom stereocenters. The molecule has 34 heavy (non-hydrogen) atoms. The molecule has 3 rings (SSSR count). The van der Waals surface area contributed by atoms with Crippen molar-refractivity contribution in [1.82, 2.24) is 0 Å². The quantitative estimate of drug-likeness (QED) is 0.394. The second kappa shape index (κ2) is 9.22. The topological polar surface area (TPSA) is 134 Å². The number of methoxy groups -OCH3 is 1. The zero-order chi connectivity index (χ0) is 25.3. The van der Waals surface area contributed by atoms with Gasteiger partial charge in [-0.25, -0.2) is 18.0 Å². The Morgan fingerprint density at radius 1 is 0.912 bits per heavy atom. The Balaban J connectivity index is 2.01. The first-order chi connectivity index (χ1) is 15.8. The van der Waals surface area contributed by atoms with Crippen LogP contribution in [0, 0.1) is 0 Å². The minimum absolute atomic E-state index is 0.123. The maximum Gasteiger partial charge on any atom is 0.336 e. The molecule has 180 valence electrons. The smallest absolute Gasteiger partial charge is 0.336 e. The maximum absolute atomic E-state index is 12.9. The van der Waals surface area contributed by atoms with Gasteiger partial charge in [0.2, 0.25) is 10.0 Å². The Labute approximate surface area is 198 Å². The number of carbonyl (C=O) groups excluding carboxylic acids is 1. The molecule has 0 radical (unpaired) electrons. The zero-order valence-electron chi connectivity index (χ0n) is 19.5. The van der Waals surface area contributed by atoms with Crippen LogP contribution in [-0.4, -0.2) is 38.9 Å². The summed E-state index contributed by atoms with van der Waals surface area (Å²) in [6, 6.07) is 12.6. The lowest BCUT2D eigenvalue weighted by Crippen LogP contribution is -2.22. The van der Waals surface area contributed by atoms with E-state index in [1.54, 1.807) is 36.4 Å². The van der Waals surface area contributed by atoms with Gasteiger partial charge in [-0.2, -0.15) is 0 Å². The second-order valence-electron chi connectivity index (χ2n) is 8.82. The van der Waals surface area contributed by atoms with E-state index >= 15 is 0 Å². The first kappa shape index (κ1) is 24.8. The third-order valence-electron chi connectivity index (χ3n) is 5.11. The second-order valence-corrected chi connectivity index (χ2v) is 10.6. The van der Waals surface area contributed by atoms with Gasteiger partial charge in [0.15, 0.2) is 5.75 Å². The number of rotatable bonds is 6. The summed E-state index contributed by atoms with van der Waals surface area (Å²) in [5.41, 5.74) is 1.42. The van der Waals surface area contributed by atoms with E-state index in [9.17, 15) is 23.1 Å². The number of urea groups is 1. The average molecular weight is 486 g/mol. The van der Waals surface area contributed by atoms with E-state index in [-0.39, 0.29) is 28.1 Å². The van der Waals surface area contributed by atoms with E-state index in [1.165, 1.54) is 19.2 Å². The lowest BCUT2D eigenvalue weighted by Gasteiger charge is -2.24. The van der Waals surface area contributed by atoms with Gasteiger partial charge >= 0.3 is 12.0 Å². The van der Waals surface area contributed by atoms with Crippen molar-refractivity contribution < 1.29 is 27.9 Å². The molecule has 0 heterocycles. The van der Waals surface area contributed by atoms with E-state index < -0.39 is 22.0 Å². The number of ether oxygens (including phenoxy) is 1. The molecule has 0 aliphatic heterocycles. The predicted octanol–water partition coefficient (Wildman–Crippen LogP) is 4.86. The SMILES string of the molecule is COc1c(NC(=O)Nc2ccc(C(=O)O)c3ccccc23)cc(C(C)(C)C)cc1NS(C)(=O)=O. The van der Waals surface area contributed by atoms with Gasteiger partial charge in [0, 0.05) is 5.39 Å². The van der Waals surface area contributed by atoms with Crippen LogP contribution in [0.2, 0.25) is 0 Å². The highest BCUT2D eigenvalue weighted by molar-refractivity contribution is 7.92. The Morgan fingerprint density at radius 3 is 2.06 bits per heavy atom. The van der Waals surface area contributed by atoms with E-state index in [0.29, 0.717) is 16.5 Å². The Bertz CT molecular complexity index is 1380. The van der Waals surface area contributed by atoms with Crippen molar-refractivity contribution >= 4 is 49.9 Å². The van der Waals surface area contributed by atoms with Gasteiger partial charge in [0.05, 0.1) is 36.0 Å². The zero-order valence-corrected chi connectivity index (χ0v) is 20.3. The van der Waals surface area contributed by atoms with Crippen LogP contribution in [0.4, 0.5) is 21.9 Å². The molecule has 9 nitrogen and oxygen atoms in total. The number of sulfonamides is 1. The summed E-state index contributed by atoms with van der Waals surface area (Å²) in [5.74, 6) is -0.915. The fourth-order valence-corrected chi connectivity index (χ4v) is 4.07. The lowest BCUT2D eigenvalue weighted by atomic mass is 9.86. The van der Waals surface area contributed by atoms with Gasteiger partial charge in [-0.3, -0.25) is 4.72 Å². The van der Waals surface area contributed by atoms with Crippen LogP contribution >= 0.6 is 0 Å². The van der Waals surface area contributed by atoms with Gasteiger partial charge < -0.3 is 20.5 Å². The van der Waals surface area contributed by atoms with Crippen LogP contribution in [-0.2, 0) is 15.4 Å². The fourth-order valence-electron chi connectivity index (χ4n) is 3.52. The molecule has 0 atom stereocenters. The highest BCUT2D eigenvalue weighted by atomic mass is 32.2. The molecular formula is C24H27N3O6S. The molecule has 0 saturated carbocycles. The Morgan fingerprint density at radius 2 is 1.50 bits per heavy atom. The van der Waals surface area contributed by atoms with Crippen LogP contribution in [0.25, 0.3) is 10.8 Å². The minimum Gasteiger partial charge on any atom is -0.492 e. The largest absolute Gasteiger partial charge is 0.492 e. The first-order valence-corrected chi connectivity index (χ1v) is 12.2. The molecule has 2 amide bonds. The summed E-state index contributed by atoms with van der Waals surface area (Å²) < 4.78 is 31.6. The highest BCUT2D eigenvalue weighted by Crippen LogP contribution is 2.39. The molecule has 3 aromatic rings. The molecule has 3 aromatic carbocycles. The number of benzene rings is 3. The van der Waals surface area contributed by atoms with Crippen molar-refractivity contribution in [2.75, 3.05) is 28.7 Å². The molecule has 0 fully saturated rings. The summed E-state index contributed by atoms with van der Waals surface area (Å²) in [6.45, 7) is 5.87. The molecule has 0 spiro atoms. The summed E-state index contributed by atoms with van der Waals surface area (Å²) in [7, 11) is -2.23. The molecule has 0 saturated heterocycles. The number of hydrogen-bond acceptors (Lipinski definition) is 5. The standard InChI is InChI=1S/C24H27N3O6S/c1-24(2,3)14-12-19(21(33-4)20(13-14)27-34(5,31)32)26-23(30)25-18-11-10-17(22(28)29)15-8-6-7-9-16(15)18/h6-13,27H,1-5H3,(H,28,29)(H2,25,26,30). The first-order valence-electron chi connectivity index (χ1n) is 10.3. The fraction of sp³-hybridized carbons (Fsp3) is 0.250. The number of amides is 2. The third kappa shape index (κ3) is 5.57. The highest BCUT2D eigenvalue weighted by Gasteiger charge is 2.22. The summed E-state index contributed by atoms with van der Waals surface area (Å²) in [5, 5.41) is 16.0. The normalized spacial score (nSPS) is 11.7. The van der Waals surface area contributed by atoms with Crippen LogP contribution in [0.15, 0.2) is 48.5 Å². The summed E-state index contributed by atoms with van der Waals surface area (Å²) in [4.78, 5) is 24.5. The number of hydrogen-bond donors (Lipinski definition) is 4. The third-order valence-corrected chi connectivity index (χ3v) is 5.70. The van der Waals surface area contributed by atoms with Gasteiger partial charge in [-0.15, -0.1) is 0 Å². The van der Waals surface area contributed by atoms with Crippen LogP contribution < -0.4 is 20.1 Å². The van der Waals surface area contributed by atoms with Crippen molar-refractivity contribution in [2.24, 2.45) is 0 Å². The monoisotopic (exact) mass is 485 g/mol. The van der Waals surface area contributed by atoms with Gasteiger partial charge in [0.1, 0.15) is 0 Å². The number of nitrogens with one attached hydrogen (secondary N) is 3. The van der Waals surface area contributed by atoms with E-state index in [0.717, 1.165) is 11.8 Å². The lowest BCUT2D eigenvalue weighted by molar-refractivity contribution is 0.0699. The van der Waals surface area contributed by atoms with E-state index in [1.807, 2.05) is 20.8 Å². The molecule has 10 heteroatoms. The van der Waals surface area contributed by atoms with Crippen LogP contribution in [0.1, 0.15) is 36.7 Å². The van der Waals surface area contributed by atoms with Crippen molar-refractivity contribution in [1.29, 1.82) is 0 Å². The van der Waals surface area contributed by atoms with Crippen LogP contribution in [0.3, 0.4) is 0 Å². The molecule has 4 N–H and O–H groups in total. The molecule has 0 bridgehead atoms. The maximum atomic E-state index is 12.9. The number of carboxylic acid groups (broad SMARTS) is 1. The van der Waals surface area contributed by atoms with Gasteiger partial charge in [-0.05, 0) is 40.6 Å². The van der Waals surface area contributed by atoms with Crippen LogP contribution in [0.5, 0.6) is 5.75 Å². The number of carboxylic acids is 1. The number of fused-ring (bicyclic) bond motifs is 1. The number of anilines is 3. The van der Waals surface area contributed by atoms with E-state index in [4.69, 9.17) is 4.74 Å². The molecular weight excluding hydrogens is 458 g/mol. The molecule has 0 aliphatic rings. The summed E-state index contributed by atoms with van der Waals surface area (Å²) in [6.07, 6.45) is 1.03. The van der Waals surface area contributed by atoms with Crippen molar-refractivity contribution in [3.63, 3.8) is 0 Å². The Kier molecular flexibility index (Phi) is 6.74. The van der Waals surface area contributed by atoms with Crippen molar-refractivity contribution in [2.45, 2.75) is 26.2 Å².